The molecule has 0 amide bonds. The number of hydrogen-bond acceptors (Lipinski definition) is 3. The number of nitrogens with one attached hydrogen (secondary N) is 1. The van der Waals surface area contributed by atoms with Crippen molar-refractivity contribution >= 4 is 17.3 Å². The van der Waals surface area contributed by atoms with Crippen LogP contribution in [0.1, 0.15) is 11.3 Å². The van der Waals surface area contributed by atoms with Crippen LogP contribution in [0.3, 0.4) is 0 Å². The summed E-state index contributed by atoms with van der Waals surface area (Å²) in [5, 5.41) is 17.4. The molecule has 2 heterocycles. The van der Waals surface area contributed by atoms with Crippen LogP contribution >= 0.6 is 11.3 Å². The van der Waals surface area contributed by atoms with Crippen molar-refractivity contribution in [2.45, 2.75) is 13.3 Å². The Hall–Kier alpha value is -1.62. The lowest BCUT2D eigenvalue weighted by Crippen LogP contribution is -2.01. The number of aromatic amines is 1. The van der Waals surface area contributed by atoms with E-state index >= 15 is 0 Å². The average molecular weight is 222 g/mol. The Labute approximate surface area is 90.6 Å². The van der Waals surface area contributed by atoms with E-state index in [4.69, 9.17) is 5.11 Å². The molecule has 0 aliphatic rings. The minimum absolute atomic E-state index is 0.0215. The van der Waals surface area contributed by atoms with Gasteiger partial charge in [0, 0.05) is 10.4 Å². The maximum absolute atomic E-state index is 10.6. The van der Waals surface area contributed by atoms with Gasteiger partial charge < -0.3 is 5.11 Å². The van der Waals surface area contributed by atoms with Gasteiger partial charge in [0.2, 0.25) is 0 Å². The molecular weight excluding hydrogens is 212 g/mol. The highest BCUT2D eigenvalue weighted by atomic mass is 32.1. The highest BCUT2D eigenvalue weighted by molar-refractivity contribution is 7.13. The molecule has 0 saturated carbocycles. The normalized spacial score (nSPS) is 10.5. The van der Waals surface area contributed by atoms with E-state index in [2.05, 4.69) is 10.2 Å². The molecule has 0 spiro atoms. The van der Waals surface area contributed by atoms with Gasteiger partial charge in [-0.25, -0.2) is 0 Å². The van der Waals surface area contributed by atoms with Crippen molar-refractivity contribution < 1.29 is 9.90 Å². The van der Waals surface area contributed by atoms with E-state index in [9.17, 15) is 4.79 Å². The van der Waals surface area contributed by atoms with Crippen molar-refractivity contribution in [1.82, 2.24) is 10.2 Å². The highest BCUT2D eigenvalue weighted by Crippen LogP contribution is 2.28. The molecule has 78 valence electrons. The van der Waals surface area contributed by atoms with Gasteiger partial charge in [-0.05, 0) is 23.9 Å². The van der Waals surface area contributed by atoms with Gasteiger partial charge in [0.05, 0.1) is 18.3 Å². The van der Waals surface area contributed by atoms with Crippen molar-refractivity contribution in [2.24, 2.45) is 0 Å². The molecule has 0 aliphatic carbocycles. The summed E-state index contributed by atoms with van der Waals surface area (Å²) in [5.41, 5.74) is 2.72. The van der Waals surface area contributed by atoms with Crippen LogP contribution in [0, 0.1) is 6.92 Å². The SMILES string of the molecule is Cc1csc(-c2cn[nH]c2CC(=O)O)c1. The van der Waals surface area contributed by atoms with Crippen molar-refractivity contribution in [3.63, 3.8) is 0 Å². The molecular formula is C10H10N2O2S. The van der Waals surface area contributed by atoms with Crippen LogP contribution in [0.15, 0.2) is 17.6 Å². The molecule has 0 unspecified atom stereocenters. The summed E-state index contributed by atoms with van der Waals surface area (Å²) in [5.74, 6) is -0.853. The van der Waals surface area contributed by atoms with Crippen LogP contribution in [0.5, 0.6) is 0 Å². The predicted octanol–water partition coefficient (Wildman–Crippen LogP) is 2.07. The predicted molar refractivity (Wildman–Crippen MR) is 58.0 cm³/mol. The Balaban J connectivity index is 2.36. The lowest BCUT2D eigenvalue weighted by molar-refractivity contribution is -0.136. The summed E-state index contributed by atoms with van der Waals surface area (Å²) in [4.78, 5) is 11.7. The van der Waals surface area contributed by atoms with Gasteiger partial charge in [-0.15, -0.1) is 11.3 Å². The van der Waals surface area contributed by atoms with E-state index in [1.54, 1.807) is 17.5 Å². The number of aryl methyl sites for hydroxylation is 1. The molecule has 0 radical (unpaired) electrons. The standard InChI is InChI=1S/C10H10N2O2S/c1-6-2-9(15-5-6)7-4-11-12-8(7)3-10(13)14/h2,4-5H,3H2,1H3,(H,11,12)(H,13,14). The zero-order valence-electron chi connectivity index (χ0n) is 8.15. The van der Waals surface area contributed by atoms with Crippen LogP contribution in [-0.4, -0.2) is 21.3 Å². The molecule has 15 heavy (non-hydrogen) atoms. The number of aromatic nitrogens is 2. The number of aliphatic carboxylic acids is 1. The zero-order chi connectivity index (χ0) is 10.8. The molecule has 5 heteroatoms. The molecule has 0 saturated heterocycles. The third kappa shape index (κ3) is 2.07. The van der Waals surface area contributed by atoms with Gasteiger partial charge in [-0.2, -0.15) is 5.10 Å². The number of carboxylic acids is 1. The smallest absolute Gasteiger partial charge is 0.309 e. The summed E-state index contributed by atoms with van der Waals surface area (Å²) >= 11 is 1.60. The molecule has 0 bridgehead atoms. The molecule has 4 nitrogen and oxygen atoms in total. The summed E-state index contributed by atoms with van der Waals surface area (Å²) in [6.45, 7) is 2.01. The Morgan fingerprint density at radius 1 is 1.67 bits per heavy atom. The first-order valence-corrected chi connectivity index (χ1v) is 5.34. The van der Waals surface area contributed by atoms with E-state index in [1.807, 2.05) is 18.4 Å². The highest BCUT2D eigenvalue weighted by Gasteiger charge is 2.11. The second-order valence-electron chi connectivity index (χ2n) is 3.32. The topological polar surface area (TPSA) is 66.0 Å². The second-order valence-corrected chi connectivity index (χ2v) is 4.23. The Morgan fingerprint density at radius 3 is 3.07 bits per heavy atom. The zero-order valence-corrected chi connectivity index (χ0v) is 8.97. The van der Waals surface area contributed by atoms with Gasteiger partial charge in [0.15, 0.2) is 0 Å². The van der Waals surface area contributed by atoms with Crippen molar-refractivity contribution in [3.8, 4) is 10.4 Å². The fourth-order valence-corrected chi connectivity index (χ4v) is 2.32. The molecule has 0 aromatic carbocycles. The van der Waals surface area contributed by atoms with Crippen LogP contribution < -0.4 is 0 Å². The average Bonchev–Trinajstić information content (AvgIpc) is 2.72. The number of carbonyl (C=O) groups is 1. The van der Waals surface area contributed by atoms with Crippen LogP contribution in [0.2, 0.25) is 0 Å². The summed E-state index contributed by atoms with van der Waals surface area (Å²) in [7, 11) is 0. The Kier molecular flexibility index (Phi) is 2.55. The maximum atomic E-state index is 10.6. The Bertz CT molecular complexity index is 487. The summed E-state index contributed by atoms with van der Waals surface area (Å²) in [6, 6.07) is 2.03. The van der Waals surface area contributed by atoms with E-state index in [0.29, 0.717) is 5.69 Å². The third-order valence-electron chi connectivity index (χ3n) is 2.04. The number of thiophene rings is 1. The number of H-pyrrole nitrogens is 1. The van der Waals surface area contributed by atoms with Gasteiger partial charge in [-0.3, -0.25) is 9.89 Å². The third-order valence-corrected chi connectivity index (χ3v) is 3.12. The monoisotopic (exact) mass is 222 g/mol. The number of nitrogens with zero attached hydrogens (tertiary/aromatic N) is 1. The molecule has 0 fully saturated rings. The largest absolute Gasteiger partial charge is 0.481 e. The molecule has 0 atom stereocenters. The molecule has 0 aliphatic heterocycles. The van der Waals surface area contributed by atoms with E-state index in [0.717, 1.165) is 10.4 Å². The molecule has 2 N–H and O–H groups in total. The number of hydrogen-bond donors (Lipinski definition) is 2. The lowest BCUT2D eigenvalue weighted by Gasteiger charge is -1.96. The number of carboxylic acid groups (broad SMARTS) is 1. The second kappa shape index (κ2) is 3.86. The summed E-state index contributed by atoms with van der Waals surface area (Å²) < 4.78 is 0. The van der Waals surface area contributed by atoms with Crippen LogP contribution in [0.4, 0.5) is 0 Å². The first-order chi connectivity index (χ1) is 7.16. The van der Waals surface area contributed by atoms with Gasteiger partial charge in [0.25, 0.3) is 0 Å². The quantitative estimate of drug-likeness (QED) is 0.835. The molecule has 2 aromatic heterocycles. The van der Waals surface area contributed by atoms with Gasteiger partial charge >= 0.3 is 5.97 Å². The minimum Gasteiger partial charge on any atom is -0.481 e. The van der Waals surface area contributed by atoms with Crippen molar-refractivity contribution in [2.75, 3.05) is 0 Å². The lowest BCUT2D eigenvalue weighted by atomic mass is 10.1. The van der Waals surface area contributed by atoms with Crippen LogP contribution in [-0.2, 0) is 11.2 Å². The van der Waals surface area contributed by atoms with Gasteiger partial charge in [-0.1, -0.05) is 0 Å². The van der Waals surface area contributed by atoms with Crippen molar-refractivity contribution in [1.29, 1.82) is 0 Å². The summed E-state index contributed by atoms with van der Waals surface area (Å²) in [6.07, 6.45) is 1.65. The fourth-order valence-electron chi connectivity index (χ4n) is 1.38. The fraction of sp³-hybridized carbons (Fsp3) is 0.200. The molecule has 2 rings (SSSR count). The molecule has 2 aromatic rings. The first kappa shape index (κ1) is 9.92. The minimum atomic E-state index is -0.853. The van der Waals surface area contributed by atoms with E-state index in [1.165, 1.54) is 5.56 Å². The Morgan fingerprint density at radius 2 is 2.47 bits per heavy atom. The van der Waals surface area contributed by atoms with Crippen molar-refractivity contribution in [3.05, 3.63) is 28.9 Å². The van der Waals surface area contributed by atoms with E-state index in [-0.39, 0.29) is 6.42 Å². The van der Waals surface area contributed by atoms with E-state index < -0.39 is 5.97 Å². The van der Waals surface area contributed by atoms with Gasteiger partial charge in [0.1, 0.15) is 0 Å². The van der Waals surface area contributed by atoms with Crippen LogP contribution in [0.25, 0.3) is 10.4 Å². The first-order valence-electron chi connectivity index (χ1n) is 4.46. The number of rotatable bonds is 3. The maximum Gasteiger partial charge on any atom is 0.309 e.